The van der Waals surface area contributed by atoms with Crippen molar-refractivity contribution in [3.05, 3.63) is 34.9 Å². The van der Waals surface area contributed by atoms with E-state index in [9.17, 15) is 9.59 Å². The monoisotopic (exact) mass is 367 g/mol. The Kier molecular flexibility index (Phi) is 7.68. The molecule has 1 atom stereocenters. The molecule has 0 spiro atoms. The summed E-state index contributed by atoms with van der Waals surface area (Å²) in [5.74, 6) is -0.275. The second-order valence-electron chi connectivity index (χ2n) is 6.19. The summed E-state index contributed by atoms with van der Waals surface area (Å²) in [5.41, 5.74) is 0.938. The van der Waals surface area contributed by atoms with Gasteiger partial charge in [0.1, 0.15) is 6.04 Å². The number of morpholine rings is 1. The van der Waals surface area contributed by atoms with Crippen LogP contribution in [0.25, 0.3) is 0 Å². The number of carbonyl (C=O) groups is 2. The van der Waals surface area contributed by atoms with E-state index in [0.717, 1.165) is 38.4 Å². The van der Waals surface area contributed by atoms with Crippen molar-refractivity contribution in [3.8, 4) is 0 Å². The predicted molar refractivity (Wildman–Crippen MR) is 97.4 cm³/mol. The Morgan fingerprint density at radius 3 is 2.52 bits per heavy atom. The third-order valence-corrected chi connectivity index (χ3v) is 4.60. The highest BCUT2D eigenvalue weighted by molar-refractivity contribution is 6.30. The minimum atomic E-state index is -0.530. The van der Waals surface area contributed by atoms with E-state index in [2.05, 4.69) is 10.2 Å². The highest BCUT2D eigenvalue weighted by Crippen LogP contribution is 2.13. The van der Waals surface area contributed by atoms with E-state index >= 15 is 0 Å². The van der Waals surface area contributed by atoms with Crippen LogP contribution < -0.4 is 5.32 Å². The molecule has 0 bridgehead atoms. The molecule has 1 heterocycles. The average molecular weight is 368 g/mol. The van der Waals surface area contributed by atoms with Gasteiger partial charge in [-0.3, -0.25) is 14.5 Å². The highest BCUT2D eigenvalue weighted by Gasteiger charge is 2.23. The summed E-state index contributed by atoms with van der Waals surface area (Å²) >= 11 is 5.89. The van der Waals surface area contributed by atoms with Crippen LogP contribution in [0.5, 0.6) is 0 Å². The Hall–Kier alpha value is -1.63. The molecule has 1 aromatic rings. The summed E-state index contributed by atoms with van der Waals surface area (Å²) in [4.78, 5) is 28.2. The Morgan fingerprint density at radius 1 is 1.28 bits per heavy atom. The maximum atomic E-state index is 12.4. The molecular formula is C18H26ClN3O3. The topological polar surface area (TPSA) is 61.9 Å². The van der Waals surface area contributed by atoms with Gasteiger partial charge < -0.3 is 15.0 Å². The number of hydrogen-bond donors (Lipinski definition) is 1. The first-order chi connectivity index (χ1) is 12.0. The van der Waals surface area contributed by atoms with Crippen LogP contribution in [0.2, 0.25) is 5.02 Å². The number of nitrogens with one attached hydrogen (secondary N) is 1. The van der Waals surface area contributed by atoms with Gasteiger partial charge in [-0.05, 0) is 24.6 Å². The molecule has 1 aliphatic rings. The molecular weight excluding hydrogens is 342 g/mol. The summed E-state index contributed by atoms with van der Waals surface area (Å²) in [5, 5.41) is 3.57. The lowest BCUT2D eigenvalue weighted by molar-refractivity contribution is -0.139. The summed E-state index contributed by atoms with van der Waals surface area (Å²) in [6.07, 6.45) is 0. The molecule has 138 valence electrons. The molecule has 0 aliphatic carbocycles. The van der Waals surface area contributed by atoms with Crippen molar-refractivity contribution in [3.63, 3.8) is 0 Å². The smallest absolute Gasteiger partial charge is 0.242 e. The molecule has 6 nitrogen and oxygen atoms in total. The van der Waals surface area contributed by atoms with E-state index in [1.807, 2.05) is 12.1 Å². The van der Waals surface area contributed by atoms with E-state index < -0.39 is 6.04 Å². The lowest BCUT2D eigenvalue weighted by Crippen LogP contribution is -2.49. The molecule has 0 radical (unpaired) electrons. The van der Waals surface area contributed by atoms with Crippen molar-refractivity contribution in [1.82, 2.24) is 15.1 Å². The first kappa shape index (κ1) is 19.7. The second-order valence-corrected chi connectivity index (χ2v) is 6.63. The Balaban J connectivity index is 1.85. The molecule has 1 saturated heterocycles. The van der Waals surface area contributed by atoms with Gasteiger partial charge in [-0.1, -0.05) is 23.7 Å². The van der Waals surface area contributed by atoms with Gasteiger partial charge in [-0.2, -0.15) is 0 Å². The second kappa shape index (κ2) is 9.75. The van der Waals surface area contributed by atoms with Crippen LogP contribution in [0, 0.1) is 0 Å². The normalized spacial score (nSPS) is 16.3. The SMILES string of the molecule is CC(=O)N(Cc1ccc(Cl)cc1)[C@@H](C)C(=O)NCCN1CCOCC1. The standard InChI is InChI=1S/C18H26ClN3O3/c1-14(18(24)20-7-8-21-9-11-25-12-10-21)22(15(2)23)13-16-3-5-17(19)6-4-16/h3-6,14H,7-13H2,1-2H3,(H,20,24)/t14-/m0/s1. The number of benzene rings is 1. The van der Waals surface area contributed by atoms with E-state index in [1.165, 1.54) is 6.92 Å². The van der Waals surface area contributed by atoms with Crippen molar-refractivity contribution in [2.45, 2.75) is 26.4 Å². The van der Waals surface area contributed by atoms with Crippen molar-refractivity contribution in [2.75, 3.05) is 39.4 Å². The van der Waals surface area contributed by atoms with Gasteiger partial charge >= 0.3 is 0 Å². The summed E-state index contributed by atoms with van der Waals surface area (Å²) < 4.78 is 5.31. The molecule has 0 unspecified atom stereocenters. The molecule has 1 N–H and O–H groups in total. The molecule has 2 rings (SSSR count). The molecule has 1 aromatic carbocycles. The van der Waals surface area contributed by atoms with Crippen LogP contribution in [0.15, 0.2) is 24.3 Å². The summed E-state index contributed by atoms with van der Waals surface area (Å²) in [6.45, 7) is 8.23. The number of halogens is 1. The lowest BCUT2D eigenvalue weighted by atomic mass is 10.1. The van der Waals surface area contributed by atoms with Crippen molar-refractivity contribution in [2.24, 2.45) is 0 Å². The van der Waals surface area contributed by atoms with Gasteiger partial charge in [-0.15, -0.1) is 0 Å². The quantitative estimate of drug-likeness (QED) is 0.793. The molecule has 0 aromatic heterocycles. The molecule has 0 saturated carbocycles. The van der Waals surface area contributed by atoms with Crippen LogP contribution in [-0.4, -0.2) is 67.0 Å². The maximum Gasteiger partial charge on any atom is 0.242 e. The van der Waals surface area contributed by atoms with Gasteiger partial charge in [0, 0.05) is 44.7 Å². The fraction of sp³-hybridized carbons (Fsp3) is 0.556. The van der Waals surface area contributed by atoms with Gasteiger partial charge in [0.05, 0.1) is 13.2 Å². The average Bonchev–Trinajstić information content (AvgIpc) is 2.61. The number of hydrogen-bond acceptors (Lipinski definition) is 4. The predicted octanol–water partition coefficient (Wildman–Crippen LogP) is 1.53. The Morgan fingerprint density at radius 2 is 1.92 bits per heavy atom. The first-order valence-electron chi connectivity index (χ1n) is 8.57. The molecule has 1 aliphatic heterocycles. The minimum Gasteiger partial charge on any atom is -0.379 e. The zero-order valence-electron chi connectivity index (χ0n) is 14.8. The van der Waals surface area contributed by atoms with Gasteiger partial charge in [0.25, 0.3) is 0 Å². The lowest BCUT2D eigenvalue weighted by Gasteiger charge is -2.29. The van der Waals surface area contributed by atoms with Crippen LogP contribution in [0.3, 0.4) is 0 Å². The highest BCUT2D eigenvalue weighted by atomic mass is 35.5. The third kappa shape index (κ3) is 6.30. The van der Waals surface area contributed by atoms with E-state index in [0.29, 0.717) is 18.1 Å². The van der Waals surface area contributed by atoms with Gasteiger partial charge in [-0.25, -0.2) is 0 Å². The van der Waals surface area contributed by atoms with Gasteiger partial charge in [0.2, 0.25) is 11.8 Å². The first-order valence-corrected chi connectivity index (χ1v) is 8.94. The van der Waals surface area contributed by atoms with Crippen LogP contribution >= 0.6 is 11.6 Å². The molecule has 25 heavy (non-hydrogen) atoms. The number of ether oxygens (including phenoxy) is 1. The van der Waals surface area contributed by atoms with E-state index in [1.54, 1.807) is 24.0 Å². The zero-order valence-corrected chi connectivity index (χ0v) is 15.6. The molecule has 1 fully saturated rings. The van der Waals surface area contributed by atoms with E-state index in [4.69, 9.17) is 16.3 Å². The van der Waals surface area contributed by atoms with Crippen molar-refractivity contribution < 1.29 is 14.3 Å². The minimum absolute atomic E-state index is 0.134. The van der Waals surface area contributed by atoms with E-state index in [-0.39, 0.29) is 11.8 Å². The molecule has 2 amide bonds. The summed E-state index contributed by atoms with van der Waals surface area (Å²) in [7, 11) is 0. The number of nitrogens with zero attached hydrogens (tertiary/aromatic N) is 2. The number of amides is 2. The third-order valence-electron chi connectivity index (χ3n) is 4.35. The fourth-order valence-electron chi connectivity index (χ4n) is 2.76. The maximum absolute atomic E-state index is 12.4. The fourth-order valence-corrected chi connectivity index (χ4v) is 2.88. The zero-order chi connectivity index (χ0) is 18.2. The number of rotatable bonds is 7. The van der Waals surface area contributed by atoms with Crippen molar-refractivity contribution >= 4 is 23.4 Å². The Bertz CT molecular complexity index is 573. The van der Waals surface area contributed by atoms with Crippen LogP contribution in [-0.2, 0) is 20.9 Å². The van der Waals surface area contributed by atoms with Crippen molar-refractivity contribution in [1.29, 1.82) is 0 Å². The van der Waals surface area contributed by atoms with Crippen LogP contribution in [0.4, 0.5) is 0 Å². The van der Waals surface area contributed by atoms with Gasteiger partial charge in [0.15, 0.2) is 0 Å². The molecule has 7 heteroatoms. The summed E-state index contributed by atoms with van der Waals surface area (Å²) in [6, 6.07) is 6.76. The Labute approximate surface area is 154 Å². The van der Waals surface area contributed by atoms with Crippen LogP contribution in [0.1, 0.15) is 19.4 Å². The largest absolute Gasteiger partial charge is 0.379 e. The number of carbonyl (C=O) groups excluding carboxylic acids is 2.